The number of unbranched alkanes of at least 4 members (excludes halogenated alkanes) is 10. The van der Waals surface area contributed by atoms with Crippen molar-refractivity contribution in [3.05, 3.63) is 0 Å². The van der Waals surface area contributed by atoms with Gasteiger partial charge in [-0.25, -0.2) is 4.31 Å². The van der Waals surface area contributed by atoms with E-state index in [-0.39, 0.29) is 6.61 Å². The summed E-state index contributed by atoms with van der Waals surface area (Å²) in [5, 5.41) is 0. The van der Waals surface area contributed by atoms with Crippen LogP contribution in [0.1, 0.15) is 119 Å². The van der Waals surface area contributed by atoms with Crippen LogP contribution in [0.2, 0.25) is 0 Å². The van der Waals surface area contributed by atoms with Crippen LogP contribution < -0.4 is 0 Å². The largest absolute Gasteiger partial charge is 0.463 e. The lowest BCUT2D eigenvalue weighted by atomic mass is 9.99. The zero-order valence-corrected chi connectivity index (χ0v) is 26.8. The van der Waals surface area contributed by atoms with E-state index in [1.54, 1.807) is 0 Å². The van der Waals surface area contributed by atoms with E-state index in [2.05, 4.69) is 18.2 Å². The summed E-state index contributed by atoms with van der Waals surface area (Å²) in [5.74, 6) is -2.38. The van der Waals surface area contributed by atoms with E-state index in [1.165, 1.54) is 91.0 Å². The molecule has 0 bridgehead atoms. The van der Waals surface area contributed by atoms with Crippen LogP contribution in [0.25, 0.3) is 0 Å². The summed E-state index contributed by atoms with van der Waals surface area (Å²) in [5.41, 5.74) is -0.782. The molecule has 0 radical (unpaired) electrons. The number of esters is 4. The van der Waals surface area contributed by atoms with E-state index in [4.69, 9.17) is 23.7 Å². The monoisotopic (exact) mass is 603 g/mol. The van der Waals surface area contributed by atoms with Gasteiger partial charge in [-0.15, -0.1) is 0 Å². The van der Waals surface area contributed by atoms with Gasteiger partial charge in [-0.2, -0.15) is 0 Å². The summed E-state index contributed by atoms with van der Waals surface area (Å²) in [6.07, 6.45) is 9.69. The maximum Gasteiger partial charge on any atom is 0.303 e. The molecule has 41 heavy (non-hydrogen) atoms. The number of rotatable bonds is 21. The van der Waals surface area contributed by atoms with Crippen molar-refractivity contribution in [3.63, 3.8) is 0 Å². The Morgan fingerprint density at radius 1 is 0.610 bits per heavy atom. The topological polar surface area (TPSA) is 118 Å². The molecule has 0 aliphatic carbocycles. The fourth-order valence-electron chi connectivity index (χ4n) is 4.77. The van der Waals surface area contributed by atoms with Gasteiger partial charge in [-0.05, 0) is 24.8 Å². The Bertz CT molecular complexity index is 765. The molecule has 1 aliphatic heterocycles. The average Bonchev–Trinajstić information content (AvgIpc) is 2.89. The molecule has 0 amide bonds. The summed E-state index contributed by atoms with van der Waals surface area (Å²) in [6.45, 7) is 10.8. The normalized spacial score (nSPS) is 22.3. The predicted octanol–water partition coefficient (Wildman–Crippen LogP) is 5.74. The molecular weight excluding hydrogens is 550 g/mol. The van der Waals surface area contributed by atoms with Crippen LogP contribution in [-0.4, -0.2) is 77.7 Å². The van der Waals surface area contributed by atoms with Crippen molar-refractivity contribution >= 4 is 35.8 Å². The number of ether oxygens (including phenoxy) is 5. The van der Waals surface area contributed by atoms with Crippen molar-refractivity contribution in [2.45, 2.75) is 148 Å². The van der Waals surface area contributed by atoms with E-state index in [9.17, 15) is 19.2 Å². The first kappa shape index (κ1) is 37.2. The summed E-state index contributed by atoms with van der Waals surface area (Å²) < 4.78 is 30.5. The predicted molar refractivity (Wildman–Crippen MR) is 158 cm³/mol. The molecule has 10 nitrogen and oxygen atoms in total. The molecule has 1 heterocycles. The molecule has 0 aromatic heterocycles. The summed E-state index contributed by atoms with van der Waals surface area (Å²) in [7, 11) is 0. The highest BCUT2D eigenvalue weighted by molar-refractivity contribution is 7.97. The first-order valence-electron chi connectivity index (χ1n) is 15.3. The fourth-order valence-corrected chi connectivity index (χ4v) is 6.06. The minimum atomic E-state index is -1.14. The maximum atomic E-state index is 12.2. The van der Waals surface area contributed by atoms with Crippen LogP contribution in [0.5, 0.6) is 0 Å². The zero-order chi connectivity index (χ0) is 30.6. The molecule has 0 unspecified atom stereocenters. The Morgan fingerprint density at radius 2 is 1.05 bits per heavy atom. The molecule has 5 atom stereocenters. The first-order chi connectivity index (χ1) is 19.6. The second-order valence-electron chi connectivity index (χ2n) is 10.6. The molecule has 0 saturated carbocycles. The van der Waals surface area contributed by atoms with E-state index in [0.29, 0.717) is 0 Å². The minimum Gasteiger partial charge on any atom is -0.463 e. The van der Waals surface area contributed by atoms with Gasteiger partial charge < -0.3 is 23.7 Å². The SMILES string of the molecule is CCCCCCCCN(CCCCCCCC)S[C@@H]1O[C@H](COC(C)=O)[C@@H](OC(C)=O)[C@H](OC(C)=O)[C@H]1OC(C)=O. The van der Waals surface area contributed by atoms with Gasteiger partial charge >= 0.3 is 23.9 Å². The number of carbonyl (C=O) groups excluding carboxylic acids is 4. The molecule has 0 N–H and O–H groups in total. The molecule has 0 spiro atoms. The molecule has 1 rings (SSSR count). The van der Waals surface area contributed by atoms with E-state index < -0.39 is 53.7 Å². The van der Waals surface area contributed by atoms with E-state index in [1.807, 2.05) is 0 Å². The van der Waals surface area contributed by atoms with Crippen LogP contribution >= 0.6 is 11.9 Å². The van der Waals surface area contributed by atoms with Crippen molar-refractivity contribution in [2.75, 3.05) is 19.7 Å². The Balaban J connectivity index is 3.18. The van der Waals surface area contributed by atoms with Crippen LogP contribution in [-0.2, 0) is 42.9 Å². The van der Waals surface area contributed by atoms with Crippen molar-refractivity contribution < 1.29 is 42.9 Å². The number of nitrogens with zero attached hydrogens (tertiary/aromatic N) is 1. The Kier molecular flexibility index (Phi) is 19.8. The molecule has 0 aromatic carbocycles. The number of hydrogen-bond acceptors (Lipinski definition) is 11. The molecule has 11 heteroatoms. The smallest absolute Gasteiger partial charge is 0.303 e. The van der Waals surface area contributed by atoms with Gasteiger partial charge in [0.2, 0.25) is 0 Å². The van der Waals surface area contributed by atoms with Gasteiger partial charge in [0.1, 0.15) is 12.7 Å². The second-order valence-corrected chi connectivity index (χ2v) is 11.8. The maximum absolute atomic E-state index is 12.2. The quantitative estimate of drug-likeness (QED) is 0.0692. The van der Waals surface area contributed by atoms with Crippen molar-refractivity contribution in [2.24, 2.45) is 0 Å². The zero-order valence-electron chi connectivity index (χ0n) is 26.0. The van der Waals surface area contributed by atoms with E-state index in [0.717, 1.165) is 38.8 Å². The van der Waals surface area contributed by atoms with Crippen LogP contribution in [0.3, 0.4) is 0 Å². The lowest BCUT2D eigenvalue weighted by molar-refractivity contribution is -0.237. The summed E-state index contributed by atoms with van der Waals surface area (Å²) in [6, 6.07) is 0. The highest BCUT2D eigenvalue weighted by Crippen LogP contribution is 2.36. The fraction of sp³-hybridized carbons (Fsp3) is 0.867. The average molecular weight is 604 g/mol. The molecule has 238 valence electrons. The van der Waals surface area contributed by atoms with Crippen LogP contribution in [0.4, 0.5) is 0 Å². The molecule has 1 saturated heterocycles. The molecule has 1 fully saturated rings. The Morgan fingerprint density at radius 3 is 1.51 bits per heavy atom. The third kappa shape index (κ3) is 16.4. The van der Waals surface area contributed by atoms with Crippen molar-refractivity contribution in [1.82, 2.24) is 4.31 Å². The second kappa shape index (κ2) is 21.8. The Labute approximate surface area is 251 Å². The highest BCUT2D eigenvalue weighted by atomic mass is 32.2. The van der Waals surface area contributed by atoms with Crippen molar-refractivity contribution in [3.8, 4) is 0 Å². The Hall–Kier alpha value is -1.85. The van der Waals surface area contributed by atoms with Gasteiger partial charge in [0.25, 0.3) is 0 Å². The van der Waals surface area contributed by atoms with Gasteiger partial charge in [-0.3, -0.25) is 19.2 Å². The first-order valence-corrected chi connectivity index (χ1v) is 16.1. The molecular formula is C30H53NO9S. The number of carbonyl (C=O) groups is 4. The van der Waals surface area contributed by atoms with Gasteiger partial charge in [-0.1, -0.05) is 78.1 Å². The minimum absolute atomic E-state index is 0.218. The van der Waals surface area contributed by atoms with Gasteiger partial charge in [0.05, 0.1) is 0 Å². The third-order valence-electron chi connectivity index (χ3n) is 6.72. The molecule has 0 aromatic rings. The third-order valence-corrected chi connectivity index (χ3v) is 7.97. The van der Waals surface area contributed by atoms with Crippen molar-refractivity contribution in [1.29, 1.82) is 0 Å². The lowest BCUT2D eigenvalue weighted by Crippen LogP contribution is -2.62. The lowest BCUT2D eigenvalue weighted by Gasteiger charge is -2.45. The highest BCUT2D eigenvalue weighted by Gasteiger charge is 2.52. The summed E-state index contributed by atoms with van der Waals surface area (Å²) >= 11 is 1.40. The van der Waals surface area contributed by atoms with Crippen LogP contribution in [0, 0.1) is 0 Å². The standard InChI is InChI=1S/C30H53NO9S/c1-7-9-11-13-15-17-19-31(20-18-16-14-12-10-8-2)41-30-29(39-25(6)35)28(38-24(5)34)27(37-23(4)33)26(40-30)21-36-22(3)32/h26-30H,7-21H2,1-6H3/t26-,27-,28+,29-,30+/m1/s1. The summed E-state index contributed by atoms with van der Waals surface area (Å²) in [4.78, 5) is 47.9. The van der Waals surface area contributed by atoms with E-state index >= 15 is 0 Å². The van der Waals surface area contributed by atoms with Crippen LogP contribution in [0.15, 0.2) is 0 Å². The number of hydrogen-bond donors (Lipinski definition) is 0. The van der Waals surface area contributed by atoms with Gasteiger partial charge in [0, 0.05) is 40.8 Å². The van der Waals surface area contributed by atoms with Gasteiger partial charge in [0.15, 0.2) is 23.7 Å². The molecule has 1 aliphatic rings.